The molecule has 0 aliphatic carbocycles. The third-order valence-electron chi connectivity index (χ3n) is 6.63. The van der Waals surface area contributed by atoms with Gasteiger partial charge in [-0.25, -0.2) is 18.7 Å². The number of pyridine rings is 1. The van der Waals surface area contributed by atoms with E-state index in [9.17, 15) is 18.0 Å². The molecule has 2 aromatic carbocycles. The van der Waals surface area contributed by atoms with Crippen molar-refractivity contribution >= 4 is 26.5 Å². The Morgan fingerprint density at radius 1 is 1.14 bits per heavy atom. The van der Waals surface area contributed by atoms with Gasteiger partial charge < -0.3 is 9.30 Å². The minimum absolute atomic E-state index is 0.0477. The summed E-state index contributed by atoms with van der Waals surface area (Å²) in [7, 11) is -3.83. The second-order valence-corrected chi connectivity index (χ2v) is 11.5. The van der Waals surface area contributed by atoms with E-state index in [0.29, 0.717) is 18.4 Å². The number of benzene rings is 2. The van der Waals surface area contributed by atoms with E-state index in [1.807, 2.05) is 48.5 Å². The van der Waals surface area contributed by atoms with Gasteiger partial charge in [0.1, 0.15) is 0 Å². The predicted molar refractivity (Wildman–Crippen MR) is 134 cm³/mol. The van der Waals surface area contributed by atoms with Crippen LogP contribution in [0.15, 0.2) is 65.6 Å². The topological polar surface area (TPSA) is 104 Å². The molecule has 1 aromatic heterocycles. The van der Waals surface area contributed by atoms with Crippen LogP contribution in [0.4, 0.5) is 0 Å². The molecule has 0 saturated carbocycles. The number of nitrogens with one attached hydrogen (secondary N) is 1. The first-order valence-corrected chi connectivity index (χ1v) is 13.5. The third-order valence-corrected chi connectivity index (χ3v) is 8.66. The zero-order valence-electron chi connectivity index (χ0n) is 19.9. The van der Waals surface area contributed by atoms with Crippen molar-refractivity contribution < 1.29 is 22.8 Å². The number of hydrogen-bond donors (Lipinski definition) is 1. The summed E-state index contributed by atoms with van der Waals surface area (Å²) < 4.78 is 30.3. The fourth-order valence-corrected chi connectivity index (χ4v) is 4.95. The van der Waals surface area contributed by atoms with Crippen LogP contribution < -0.4 is 11.0 Å². The van der Waals surface area contributed by atoms with Gasteiger partial charge in [0.05, 0.1) is 0 Å². The van der Waals surface area contributed by atoms with Gasteiger partial charge in [-0.2, -0.15) is 0 Å². The van der Waals surface area contributed by atoms with Crippen molar-refractivity contribution in [1.29, 1.82) is 0 Å². The predicted octanol–water partition coefficient (Wildman–Crippen LogP) is 3.44. The Balaban J connectivity index is 1.52. The largest absolute Gasteiger partial charge is 0.350 e. The number of aryl methyl sites for hydroxylation is 1. The lowest BCUT2D eigenvalue weighted by atomic mass is 10.0. The average Bonchev–Trinajstić information content (AvgIpc) is 2.87. The van der Waals surface area contributed by atoms with Gasteiger partial charge in [-0.15, -0.1) is 0 Å². The Morgan fingerprint density at radius 3 is 2.60 bits per heavy atom. The number of hydrogen-bond acceptors (Lipinski definition) is 6. The highest BCUT2D eigenvalue weighted by Crippen LogP contribution is 2.25. The van der Waals surface area contributed by atoms with Crippen LogP contribution in [0.1, 0.15) is 32.6 Å². The minimum atomic E-state index is -3.83. The van der Waals surface area contributed by atoms with E-state index in [1.54, 1.807) is 12.3 Å². The van der Waals surface area contributed by atoms with Gasteiger partial charge in [-0.3, -0.25) is 9.59 Å². The van der Waals surface area contributed by atoms with E-state index in [1.165, 1.54) is 11.5 Å². The monoisotopic (exact) mass is 498 g/mol. The van der Waals surface area contributed by atoms with E-state index < -0.39 is 26.8 Å². The van der Waals surface area contributed by atoms with E-state index in [2.05, 4.69) is 5.48 Å². The fraction of sp³-hybridized carbons (Fsp3) is 0.385. The fourth-order valence-electron chi connectivity index (χ4n) is 4.11. The van der Waals surface area contributed by atoms with Gasteiger partial charge in [0.2, 0.25) is 0 Å². The molecule has 1 aliphatic rings. The lowest BCUT2D eigenvalue weighted by Gasteiger charge is -2.28. The number of rotatable bonds is 8. The molecule has 1 amide bonds. The molecule has 3 aromatic rings. The summed E-state index contributed by atoms with van der Waals surface area (Å²) in [6.45, 7) is 1.93. The molecular formula is C26H30N2O6S. The summed E-state index contributed by atoms with van der Waals surface area (Å²) in [5.41, 5.74) is 4.08. The van der Waals surface area contributed by atoms with Gasteiger partial charge in [-0.05, 0) is 60.9 Å². The van der Waals surface area contributed by atoms with E-state index in [0.717, 1.165) is 35.6 Å². The number of amides is 1. The van der Waals surface area contributed by atoms with Gasteiger partial charge in [0.15, 0.2) is 20.9 Å². The molecular weight excluding hydrogens is 468 g/mol. The number of hydroxylamine groups is 1. The van der Waals surface area contributed by atoms with Crippen molar-refractivity contribution in [1.82, 2.24) is 10.0 Å². The molecule has 35 heavy (non-hydrogen) atoms. The van der Waals surface area contributed by atoms with Crippen LogP contribution >= 0.6 is 0 Å². The molecule has 9 heteroatoms. The molecule has 0 spiro atoms. The number of carbonyl (C=O) groups is 1. The lowest BCUT2D eigenvalue weighted by molar-refractivity contribution is -0.201. The van der Waals surface area contributed by atoms with Crippen LogP contribution in [0.3, 0.4) is 0 Å². The normalized spacial score (nSPS) is 18.2. The van der Waals surface area contributed by atoms with Crippen LogP contribution in [-0.4, -0.2) is 42.8 Å². The molecule has 2 heterocycles. The molecule has 8 nitrogen and oxygen atoms in total. The minimum Gasteiger partial charge on any atom is -0.350 e. The summed E-state index contributed by atoms with van der Waals surface area (Å²) in [4.78, 5) is 31.3. The summed E-state index contributed by atoms with van der Waals surface area (Å²) in [6, 6.07) is 17.3. The smallest absolute Gasteiger partial charge is 0.264 e. The molecule has 1 saturated heterocycles. The Labute approximate surface area is 204 Å². The van der Waals surface area contributed by atoms with Crippen LogP contribution in [0, 0.1) is 0 Å². The first-order chi connectivity index (χ1) is 16.7. The second-order valence-electron chi connectivity index (χ2n) is 9.08. The van der Waals surface area contributed by atoms with Gasteiger partial charge in [0, 0.05) is 37.4 Å². The quantitative estimate of drug-likeness (QED) is 0.477. The molecule has 0 radical (unpaired) electrons. The molecule has 1 aliphatic heterocycles. The standard InChI is InChI=1S/C26H30N2O6S/c1-26(35(2,31)32,25(30)27-34-23-10-6-7-17-33-23)14-16-28-15-13-21-18-20(11-12-22(21)24(28)29)19-8-4-3-5-9-19/h3-5,8-9,11-13,15,18,23H,6-7,10,14,16-17H2,1-2H3,(H,27,30). The van der Waals surface area contributed by atoms with E-state index in [4.69, 9.17) is 9.57 Å². The number of nitrogens with zero attached hydrogens (tertiary/aromatic N) is 1. The van der Waals surface area contributed by atoms with Crippen LogP contribution in [0.5, 0.6) is 0 Å². The van der Waals surface area contributed by atoms with Crippen molar-refractivity contribution in [3.05, 3.63) is 71.1 Å². The second kappa shape index (κ2) is 10.3. The van der Waals surface area contributed by atoms with Crippen LogP contribution in [0.2, 0.25) is 0 Å². The van der Waals surface area contributed by atoms with Gasteiger partial charge in [0.25, 0.3) is 11.5 Å². The molecule has 0 bridgehead atoms. The Kier molecular flexibility index (Phi) is 7.39. The maximum atomic E-state index is 13.1. The maximum absolute atomic E-state index is 13.1. The Hall–Kier alpha value is -3.01. The summed E-state index contributed by atoms with van der Waals surface area (Å²) in [5.74, 6) is -0.782. The van der Waals surface area contributed by atoms with Crippen LogP contribution in [-0.2, 0) is 30.8 Å². The lowest BCUT2D eigenvalue weighted by Crippen LogP contribution is -2.51. The van der Waals surface area contributed by atoms with Crippen molar-refractivity contribution in [3.63, 3.8) is 0 Å². The van der Waals surface area contributed by atoms with Crippen molar-refractivity contribution in [2.75, 3.05) is 12.9 Å². The first kappa shape index (κ1) is 25.1. The SMILES string of the molecule is CC(CCn1ccc2cc(-c3ccccc3)ccc2c1=O)(C(=O)NOC1CCCCO1)S(C)(=O)=O. The highest BCUT2D eigenvalue weighted by Gasteiger charge is 2.44. The third kappa shape index (κ3) is 5.47. The number of sulfone groups is 1. The zero-order chi connectivity index (χ0) is 25.1. The molecule has 2 unspecified atom stereocenters. The average molecular weight is 499 g/mol. The summed E-state index contributed by atoms with van der Waals surface area (Å²) in [5, 5.41) is 1.31. The van der Waals surface area contributed by atoms with Gasteiger partial charge in [-0.1, -0.05) is 36.4 Å². The van der Waals surface area contributed by atoms with E-state index in [-0.39, 0.29) is 18.5 Å². The zero-order valence-corrected chi connectivity index (χ0v) is 20.7. The number of fused-ring (bicyclic) bond motifs is 1. The van der Waals surface area contributed by atoms with Crippen LogP contribution in [0.25, 0.3) is 21.9 Å². The number of ether oxygens (including phenoxy) is 1. The first-order valence-electron chi connectivity index (χ1n) is 11.6. The molecule has 4 rings (SSSR count). The summed E-state index contributed by atoms with van der Waals surface area (Å²) in [6.07, 6.45) is 4.39. The van der Waals surface area contributed by atoms with Gasteiger partial charge >= 0.3 is 0 Å². The Bertz CT molecular complexity index is 1360. The maximum Gasteiger partial charge on any atom is 0.264 e. The molecule has 1 N–H and O–H groups in total. The van der Waals surface area contributed by atoms with E-state index >= 15 is 0 Å². The highest BCUT2D eigenvalue weighted by atomic mass is 32.2. The molecule has 2 atom stereocenters. The van der Waals surface area contributed by atoms with Crippen molar-refractivity contribution in [2.24, 2.45) is 0 Å². The van der Waals surface area contributed by atoms with Crippen molar-refractivity contribution in [2.45, 2.75) is 50.2 Å². The molecule has 1 fully saturated rings. The van der Waals surface area contributed by atoms with Crippen molar-refractivity contribution in [3.8, 4) is 11.1 Å². The highest BCUT2D eigenvalue weighted by molar-refractivity contribution is 7.92. The Morgan fingerprint density at radius 2 is 1.91 bits per heavy atom. The number of carbonyl (C=O) groups excluding carboxylic acids is 1. The number of aromatic nitrogens is 1. The summed E-state index contributed by atoms with van der Waals surface area (Å²) >= 11 is 0. The molecule has 186 valence electrons.